The Kier molecular flexibility index (Phi) is 3.64. The molecule has 120 valence electrons. The van der Waals surface area contributed by atoms with Crippen LogP contribution in [0.4, 0.5) is 0 Å². The minimum atomic E-state index is -1.17. The number of para-hydroxylation sites is 2. The predicted octanol–water partition coefficient (Wildman–Crippen LogP) is 4.58. The van der Waals surface area contributed by atoms with Gasteiger partial charge in [0, 0.05) is 5.56 Å². The van der Waals surface area contributed by atoms with E-state index in [2.05, 4.69) is 4.98 Å². The summed E-state index contributed by atoms with van der Waals surface area (Å²) in [5.74, 6) is -1.44. The summed E-state index contributed by atoms with van der Waals surface area (Å²) in [6.45, 7) is 0. The third kappa shape index (κ3) is 2.60. The molecule has 0 bridgehead atoms. The molecule has 0 spiro atoms. The van der Waals surface area contributed by atoms with Crippen molar-refractivity contribution >= 4 is 16.9 Å². The maximum absolute atomic E-state index is 12.9. The third-order valence-electron chi connectivity index (χ3n) is 3.92. The molecule has 4 rings (SSSR count). The Morgan fingerprint density at radius 2 is 1.80 bits per heavy atom. The van der Waals surface area contributed by atoms with Crippen LogP contribution < -0.4 is 0 Å². The Hall–Kier alpha value is -3.65. The highest BCUT2D eigenvalue weighted by Gasteiger charge is 2.31. The molecule has 2 heterocycles. The summed E-state index contributed by atoms with van der Waals surface area (Å²) in [6.07, 6.45) is 1.44. The molecule has 0 amide bonds. The zero-order valence-corrected chi connectivity index (χ0v) is 13.0. The lowest BCUT2D eigenvalue weighted by atomic mass is 9.98. The fraction of sp³-hybridized carbons (Fsp3) is 0.0500. The number of ketones is 1. The van der Waals surface area contributed by atoms with Gasteiger partial charge in [-0.05, 0) is 23.8 Å². The van der Waals surface area contributed by atoms with Crippen molar-refractivity contribution in [2.24, 2.45) is 0 Å². The first-order valence-electron chi connectivity index (χ1n) is 7.70. The fourth-order valence-electron chi connectivity index (χ4n) is 2.72. The molecule has 0 saturated heterocycles. The van der Waals surface area contributed by atoms with Crippen LogP contribution in [0.1, 0.15) is 22.4 Å². The van der Waals surface area contributed by atoms with Gasteiger partial charge in [0.05, 0.1) is 12.3 Å². The number of aromatic nitrogens is 1. The van der Waals surface area contributed by atoms with E-state index >= 15 is 0 Å². The molecule has 2 aromatic heterocycles. The summed E-state index contributed by atoms with van der Waals surface area (Å²) in [4.78, 5) is 17.2. The molecular formula is C20H12N2O3. The molecule has 0 aliphatic heterocycles. The molecule has 0 radical (unpaired) electrons. The minimum absolute atomic E-state index is 0.0733. The average Bonchev–Trinajstić information content (AvgIpc) is 3.30. The van der Waals surface area contributed by atoms with E-state index in [4.69, 9.17) is 8.83 Å². The van der Waals surface area contributed by atoms with Gasteiger partial charge >= 0.3 is 0 Å². The second-order valence-electron chi connectivity index (χ2n) is 5.48. The maximum Gasteiger partial charge on any atom is 0.225 e. The minimum Gasteiger partial charge on any atom is -0.461 e. The van der Waals surface area contributed by atoms with E-state index in [1.165, 1.54) is 6.26 Å². The van der Waals surface area contributed by atoms with Gasteiger partial charge in [-0.25, -0.2) is 4.98 Å². The largest absolute Gasteiger partial charge is 0.461 e. The normalized spacial score (nSPS) is 12.0. The number of Topliss-reactive ketones (excluding diaryl/α,β-unsaturated/α-hetero) is 1. The number of carbonyl (C=O) groups excluding carboxylic acids is 1. The SMILES string of the molecule is N#CC(C(=O)c1occc1-c1ccccc1)c1nc2ccccc2o1. The number of hydrogen-bond donors (Lipinski definition) is 0. The summed E-state index contributed by atoms with van der Waals surface area (Å²) in [5, 5.41) is 9.52. The van der Waals surface area contributed by atoms with Gasteiger partial charge in [0.1, 0.15) is 5.52 Å². The standard InChI is InChI=1S/C20H12N2O3/c21-12-15(20-22-16-8-4-5-9-17(16)25-20)18(23)19-14(10-11-24-19)13-6-2-1-3-7-13/h1-11,15H. The number of oxazole rings is 1. The van der Waals surface area contributed by atoms with E-state index in [0.717, 1.165) is 5.56 Å². The number of carbonyl (C=O) groups is 1. The first-order valence-corrected chi connectivity index (χ1v) is 7.70. The number of rotatable bonds is 4. The second kappa shape index (κ2) is 6.10. The molecule has 0 aliphatic carbocycles. The Balaban J connectivity index is 1.75. The Morgan fingerprint density at radius 1 is 1.04 bits per heavy atom. The first-order chi connectivity index (χ1) is 12.3. The Labute approximate surface area is 143 Å². The van der Waals surface area contributed by atoms with Crippen LogP contribution in [0.3, 0.4) is 0 Å². The van der Waals surface area contributed by atoms with Crippen molar-refractivity contribution in [2.75, 3.05) is 0 Å². The number of hydrogen-bond acceptors (Lipinski definition) is 5. The summed E-state index contributed by atoms with van der Waals surface area (Å²) < 4.78 is 11.0. The molecule has 1 unspecified atom stereocenters. The average molecular weight is 328 g/mol. The van der Waals surface area contributed by atoms with Crippen molar-refractivity contribution in [3.63, 3.8) is 0 Å². The number of nitriles is 1. The van der Waals surface area contributed by atoms with Gasteiger partial charge < -0.3 is 8.83 Å². The lowest BCUT2D eigenvalue weighted by molar-refractivity contribution is 0.0944. The summed E-state index contributed by atoms with van der Waals surface area (Å²) in [6, 6.07) is 20.2. The van der Waals surface area contributed by atoms with Crippen LogP contribution in [0.5, 0.6) is 0 Å². The highest BCUT2D eigenvalue weighted by Crippen LogP contribution is 2.30. The Morgan fingerprint density at radius 3 is 2.56 bits per heavy atom. The predicted molar refractivity (Wildman–Crippen MR) is 90.8 cm³/mol. The van der Waals surface area contributed by atoms with E-state index in [1.54, 1.807) is 24.3 Å². The first kappa shape index (κ1) is 14.9. The van der Waals surface area contributed by atoms with Crippen molar-refractivity contribution in [1.82, 2.24) is 4.98 Å². The van der Waals surface area contributed by atoms with Crippen molar-refractivity contribution in [1.29, 1.82) is 5.26 Å². The monoisotopic (exact) mass is 328 g/mol. The van der Waals surface area contributed by atoms with Crippen LogP contribution in [0.15, 0.2) is 75.8 Å². The van der Waals surface area contributed by atoms with E-state index in [9.17, 15) is 10.1 Å². The fourth-order valence-corrected chi connectivity index (χ4v) is 2.72. The van der Waals surface area contributed by atoms with Gasteiger partial charge in [-0.2, -0.15) is 5.26 Å². The molecule has 5 nitrogen and oxygen atoms in total. The Bertz CT molecular complexity index is 1050. The number of fused-ring (bicyclic) bond motifs is 1. The van der Waals surface area contributed by atoms with Gasteiger partial charge in [-0.1, -0.05) is 42.5 Å². The number of nitrogens with zero attached hydrogens (tertiary/aromatic N) is 2. The molecule has 1 atom stereocenters. The topological polar surface area (TPSA) is 80.0 Å². The van der Waals surface area contributed by atoms with Crippen molar-refractivity contribution in [2.45, 2.75) is 5.92 Å². The molecular weight excluding hydrogens is 316 g/mol. The molecule has 4 aromatic rings. The van der Waals surface area contributed by atoms with Crippen molar-refractivity contribution < 1.29 is 13.6 Å². The maximum atomic E-state index is 12.9. The summed E-state index contributed by atoms with van der Waals surface area (Å²) >= 11 is 0. The highest BCUT2D eigenvalue weighted by molar-refractivity contribution is 6.05. The zero-order chi connectivity index (χ0) is 17.2. The van der Waals surface area contributed by atoms with Gasteiger partial charge in [-0.15, -0.1) is 0 Å². The molecule has 0 aliphatic rings. The molecule has 5 heteroatoms. The lowest BCUT2D eigenvalue weighted by Crippen LogP contribution is -2.11. The smallest absolute Gasteiger partial charge is 0.225 e. The molecule has 0 saturated carbocycles. The van der Waals surface area contributed by atoms with Crippen LogP contribution in [-0.2, 0) is 0 Å². The zero-order valence-electron chi connectivity index (χ0n) is 13.0. The second-order valence-corrected chi connectivity index (χ2v) is 5.48. The van der Waals surface area contributed by atoms with Crippen molar-refractivity contribution in [3.05, 3.63) is 78.6 Å². The van der Waals surface area contributed by atoms with Crippen LogP contribution in [0.25, 0.3) is 22.2 Å². The van der Waals surface area contributed by atoms with Crippen LogP contribution in [0.2, 0.25) is 0 Å². The number of furan rings is 1. The molecule has 0 N–H and O–H groups in total. The van der Waals surface area contributed by atoms with E-state index in [1.807, 2.05) is 42.5 Å². The van der Waals surface area contributed by atoms with Gasteiger partial charge in [0.2, 0.25) is 11.7 Å². The number of benzene rings is 2. The van der Waals surface area contributed by atoms with Crippen LogP contribution >= 0.6 is 0 Å². The third-order valence-corrected chi connectivity index (χ3v) is 3.92. The van der Waals surface area contributed by atoms with Crippen LogP contribution in [0, 0.1) is 11.3 Å². The lowest BCUT2D eigenvalue weighted by Gasteiger charge is -2.05. The highest BCUT2D eigenvalue weighted by atomic mass is 16.4. The van der Waals surface area contributed by atoms with Crippen LogP contribution in [-0.4, -0.2) is 10.8 Å². The molecule has 2 aromatic carbocycles. The van der Waals surface area contributed by atoms with Gasteiger partial charge in [-0.3, -0.25) is 4.79 Å². The van der Waals surface area contributed by atoms with Crippen molar-refractivity contribution in [3.8, 4) is 17.2 Å². The van der Waals surface area contributed by atoms with E-state index in [-0.39, 0.29) is 11.7 Å². The quantitative estimate of drug-likeness (QED) is 0.512. The van der Waals surface area contributed by atoms with Gasteiger partial charge in [0.15, 0.2) is 17.3 Å². The summed E-state index contributed by atoms with van der Waals surface area (Å²) in [7, 11) is 0. The van der Waals surface area contributed by atoms with E-state index in [0.29, 0.717) is 16.7 Å². The van der Waals surface area contributed by atoms with E-state index < -0.39 is 11.7 Å². The van der Waals surface area contributed by atoms with Gasteiger partial charge in [0.25, 0.3) is 0 Å². The molecule has 0 fully saturated rings. The molecule has 25 heavy (non-hydrogen) atoms. The summed E-state index contributed by atoms with van der Waals surface area (Å²) in [5.41, 5.74) is 2.62.